The number of nitrogens with two attached hydrogens (primary N) is 3. The van der Waals surface area contributed by atoms with E-state index in [0.29, 0.717) is 11.4 Å². The molecule has 8 nitrogen and oxygen atoms in total. The van der Waals surface area contributed by atoms with Gasteiger partial charge in [0.2, 0.25) is 0 Å². The highest BCUT2D eigenvalue weighted by Gasteiger charge is 2.34. The summed E-state index contributed by atoms with van der Waals surface area (Å²) < 4.78 is 0. The maximum Gasteiger partial charge on any atom is 0.266 e. The lowest BCUT2D eigenvalue weighted by molar-refractivity contribution is -0.113. The fraction of sp³-hybridized carbons (Fsp3) is 0.167. The van der Waals surface area contributed by atoms with Gasteiger partial charge < -0.3 is 22.2 Å². The summed E-state index contributed by atoms with van der Waals surface area (Å²) in [4.78, 5) is 31.1. The molecule has 2 amide bonds. The van der Waals surface area contributed by atoms with Crippen LogP contribution in [-0.2, 0) is 15.1 Å². The summed E-state index contributed by atoms with van der Waals surface area (Å²) in [6, 6.07) is 17.4. The number of carbonyl (C=O) groups excluding carboxylic acids is 2. The Hall–Kier alpha value is -4.04. The molecule has 162 valence electrons. The Morgan fingerprint density at radius 3 is 2.16 bits per heavy atom. The zero-order valence-electron chi connectivity index (χ0n) is 17.4. The first-order chi connectivity index (χ1) is 15.3. The third kappa shape index (κ3) is 3.95. The Bertz CT molecular complexity index is 1220. The third-order valence-electron chi connectivity index (χ3n) is 5.82. The molecule has 0 atom stereocenters. The first-order valence-corrected chi connectivity index (χ1v) is 10.2. The van der Waals surface area contributed by atoms with Crippen LogP contribution in [0.3, 0.4) is 0 Å². The number of nitrogens with one attached hydrogen (secondary N) is 2. The van der Waals surface area contributed by atoms with Gasteiger partial charge in [0.15, 0.2) is 0 Å². The van der Waals surface area contributed by atoms with E-state index in [0.717, 1.165) is 42.0 Å². The van der Waals surface area contributed by atoms with E-state index in [4.69, 9.17) is 22.6 Å². The van der Waals surface area contributed by atoms with E-state index in [-0.39, 0.29) is 16.9 Å². The minimum Gasteiger partial charge on any atom is -0.365 e. The summed E-state index contributed by atoms with van der Waals surface area (Å²) in [5, 5.41) is 7.70. The average molecular weight is 428 g/mol. The fourth-order valence-electron chi connectivity index (χ4n) is 3.80. The molecule has 8 heteroatoms. The van der Waals surface area contributed by atoms with Gasteiger partial charge in [-0.15, -0.1) is 0 Å². The van der Waals surface area contributed by atoms with Crippen LogP contribution in [0.2, 0.25) is 0 Å². The lowest BCUT2D eigenvalue weighted by atomic mass is 9.72. The van der Waals surface area contributed by atoms with Gasteiger partial charge in [-0.2, -0.15) is 0 Å². The standard InChI is InChI=1S/C24H24N6O2/c25-18(22(27)32)13-17(21(26)31)23-29-19(14-5-2-1-3-6-14)20(30-23)15-7-9-16(10-8-15)24(28)11-4-12-24/h1-3,5-10,13,25H,4,11-12,28H2,(H2,26,31)(H2,27,32)(H,29,30)/b17-13-,25-18?. The fourth-order valence-corrected chi connectivity index (χ4v) is 3.80. The molecule has 0 unspecified atom stereocenters. The van der Waals surface area contributed by atoms with Crippen LogP contribution in [0.5, 0.6) is 0 Å². The average Bonchev–Trinajstić information content (AvgIpc) is 3.21. The second-order valence-electron chi connectivity index (χ2n) is 7.96. The van der Waals surface area contributed by atoms with Crippen LogP contribution in [0.1, 0.15) is 30.7 Å². The third-order valence-corrected chi connectivity index (χ3v) is 5.82. The van der Waals surface area contributed by atoms with Gasteiger partial charge >= 0.3 is 0 Å². The number of amides is 2. The summed E-state index contributed by atoms with van der Waals surface area (Å²) in [6.45, 7) is 0. The lowest BCUT2D eigenvalue weighted by Crippen LogP contribution is -2.43. The van der Waals surface area contributed by atoms with Crippen LogP contribution in [-0.4, -0.2) is 27.5 Å². The van der Waals surface area contributed by atoms with Crippen LogP contribution in [0, 0.1) is 5.41 Å². The first kappa shape index (κ1) is 21.2. The molecule has 1 fully saturated rings. The van der Waals surface area contributed by atoms with Crippen molar-refractivity contribution in [2.75, 3.05) is 0 Å². The predicted molar refractivity (Wildman–Crippen MR) is 123 cm³/mol. The van der Waals surface area contributed by atoms with Crippen molar-refractivity contribution in [3.05, 3.63) is 72.1 Å². The van der Waals surface area contributed by atoms with E-state index in [9.17, 15) is 9.59 Å². The van der Waals surface area contributed by atoms with E-state index < -0.39 is 17.5 Å². The molecule has 1 saturated carbocycles. The number of carbonyl (C=O) groups is 2. The van der Waals surface area contributed by atoms with E-state index in [1.54, 1.807) is 0 Å². The molecule has 2 aromatic carbocycles. The number of imidazole rings is 1. The van der Waals surface area contributed by atoms with Crippen molar-refractivity contribution in [2.24, 2.45) is 17.2 Å². The smallest absolute Gasteiger partial charge is 0.266 e. The molecule has 32 heavy (non-hydrogen) atoms. The predicted octanol–water partition coefficient (Wildman–Crippen LogP) is 2.46. The molecule has 8 N–H and O–H groups in total. The molecule has 0 bridgehead atoms. The van der Waals surface area contributed by atoms with E-state index in [1.807, 2.05) is 54.6 Å². The quantitative estimate of drug-likeness (QED) is 0.288. The zero-order valence-corrected chi connectivity index (χ0v) is 17.4. The molecule has 1 aliphatic carbocycles. The molecular weight excluding hydrogens is 404 g/mol. The van der Waals surface area contributed by atoms with Gasteiger partial charge in [0, 0.05) is 16.7 Å². The minimum atomic E-state index is -0.971. The van der Waals surface area contributed by atoms with Crippen molar-refractivity contribution in [3.8, 4) is 22.5 Å². The maximum absolute atomic E-state index is 12.1. The first-order valence-electron chi connectivity index (χ1n) is 10.2. The topological polar surface area (TPSA) is 165 Å². The van der Waals surface area contributed by atoms with Gasteiger partial charge in [-0.3, -0.25) is 15.0 Å². The number of aromatic amines is 1. The van der Waals surface area contributed by atoms with Crippen molar-refractivity contribution < 1.29 is 9.59 Å². The van der Waals surface area contributed by atoms with Crippen molar-refractivity contribution in [1.82, 2.24) is 9.97 Å². The van der Waals surface area contributed by atoms with Gasteiger partial charge in [0.25, 0.3) is 11.8 Å². The maximum atomic E-state index is 12.1. The minimum absolute atomic E-state index is 0.107. The SMILES string of the molecule is N=C(/C=C(/C(N)=O)c1nc(-c2ccccc2)c(-c2ccc(C3(N)CCC3)cc2)[nH]1)C(N)=O. The van der Waals surface area contributed by atoms with Crippen molar-refractivity contribution >= 4 is 23.1 Å². The van der Waals surface area contributed by atoms with E-state index in [1.165, 1.54) is 0 Å². The van der Waals surface area contributed by atoms with Crippen molar-refractivity contribution in [1.29, 1.82) is 5.41 Å². The largest absolute Gasteiger partial charge is 0.365 e. The van der Waals surface area contributed by atoms with Crippen LogP contribution in [0.25, 0.3) is 28.1 Å². The van der Waals surface area contributed by atoms with Gasteiger partial charge in [0.1, 0.15) is 11.5 Å². The molecule has 0 aliphatic heterocycles. The molecule has 1 aromatic heterocycles. The lowest BCUT2D eigenvalue weighted by Gasteiger charge is -2.38. The number of nitrogens with zero attached hydrogens (tertiary/aromatic N) is 1. The Morgan fingerprint density at radius 1 is 0.969 bits per heavy atom. The van der Waals surface area contributed by atoms with Crippen LogP contribution >= 0.6 is 0 Å². The van der Waals surface area contributed by atoms with Gasteiger partial charge in [-0.05, 0) is 30.9 Å². The number of hydrogen-bond donors (Lipinski definition) is 5. The Kier molecular flexibility index (Phi) is 5.46. The molecule has 1 heterocycles. The molecule has 0 saturated heterocycles. The number of rotatable bonds is 7. The number of aromatic nitrogens is 2. The Labute approximate surface area is 185 Å². The van der Waals surface area contributed by atoms with Crippen LogP contribution < -0.4 is 17.2 Å². The zero-order chi connectivity index (χ0) is 22.9. The summed E-state index contributed by atoms with van der Waals surface area (Å²) in [5.74, 6) is -1.65. The molecule has 0 radical (unpaired) electrons. The van der Waals surface area contributed by atoms with Gasteiger partial charge in [-0.25, -0.2) is 4.98 Å². The van der Waals surface area contributed by atoms with Crippen molar-refractivity contribution in [3.63, 3.8) is 0 Å². The summed E-state index contributed by atoms with van der Waals surface area (Å²) in [6.07, 6.45) is 4.09. The molecule has 4 rings (SSSR count). The monoisotopic (exact) mass is 428 g/mol. The van der Waals surface area contributed by atoms with Crippen LogP contribution in [0.15, 0.2) is 60.7 Å². The Morgan fingerprint density at radius 2 is 1.62 bits per heavy atom. The van der Waals surface area contributed by atoms with E-state index in [2.05, 4.69) is 9.97 Å². The second kappa shape index (κ2) is 8.24. The van der Waals surface area contributed by atoms with Gasteiger partial charge in [-0.1, -0.05) is 54.6 Å². The highest BCUT2D eigenvalue weighted by Crippen LogP contribution is 2.40. The van der Waals surface area contributed by atoms with Gasteiger partial charge in [0.05, 0.1) is 17.0 Å². The second-order valence-corrected chi connectivity index (χ2v) is 7.96. The number of H-pyrrole nitrogens is 1. The number of primary amides is 2. The number of hydrogen-bond acceptors (Lipinski definition) is 5. The van der Waals surface area contributed by atoms with Crippen LogP contribution in [0.4, 0.5) is 0 Å². The summed E-state index contributed by atoms with van der Waals surface area (Å²) in [7, 11) is 0. The molecule has 3 aromatic rings. The highest BCUT2D eigenvalue weighted by atomic mass is 16.1. The molecule has 1 aliphatic rings. The highest BCUT2D eigenvalue weighted by molar-refractivity contribution is 6.44. The summed E-state index contributed by atoms with van der Waals surface area (Å²) in [5.41, 5.74) is 20.2. The molecular formula is C24H24N6O2. The van der Waals surface area contributed by atoms with Crippen molar-refractivity contribution in [2.45, 2.75) is 24.8 Å². The molecule has 0 spiro atoms. The normalized spacial score (nSPS) is 15.1. The Balaban J connectivity index is 1.83. The summed E-state index contributed by atoms with van der Waals surface area (Å²) >= 11 is 0. The van der Waals surface area contributed by atoms with E-state index >= 15 is 0 Å². The number of benzene rings is 2.